The van der Waals surface area contributed by atoms with Gasteiger partial charge in [-0.15, -0.1) is 0 Å². The second-order valence-electron chi connectivity index (χ2n) is 9.16. The molecule has 0 N–H and O–H groups in total. The molecule has 11 heteroatoms. The highest BCUT2D eigenvalue weighted by molar-refractivity contribution is 7.92. The Labute approximate surface area is 217 Å². The average molecular weight is 548 g/mol. The van der Waals surface area contributed by atoms with Crippen LogP contribution in [0.2, 0.25) is 0 Å². The highest BCUT2D eigenvalue weighted by Crippen LogP contribution is 2.51. The number of hydrogen-bond donors (Lipinski definition) is 0. The number of halogens is 3. The van der Waals surface area contributed by atoms with E-state index in [9.17, 15) is 26.4 Å². The monoisotopic (exact) mass is 547 g/mol. The summed E-state index contributed by atoms with van der Waals surface area (Å²) in [7, 11) is -4.36. The number of alkyl halides is 3. The number of carbonyl (C=O) groups excluding carboxylic acids is 1. The molecule has 0 spiro atoms. The molecule has 5 rings (SSSR count). The first kappa shape index (κ1) is 26.1. The standard InChI is InChI=1S/C27H24F3NO6S/c1-18-11-13-20(14-12-18)38(33,34)31-17-23-26(37-23,19-7-3-2-4-8-19)15-16-35-25(32)36-24(27(28,29)30)21-9-5-6-10-22(21)31/h2-14,23-24H,15-17H2,1H3/t23-,24+,26-/m1/s1. The lowest BCUT2D eigenvalue weighted by Gasteiger charge is -2.30. The number of fused-ring (bicyclic) bond motifs is 2. The minimum Gasteiger partial charge on any atom is -0.434 e. The quantitative estimate of drug-likeness (QED) is 0.312. The van der Waals surface area contributed by atoms with E-state index < -0.39 is 45.7 Å². The van der Waals surface area contributed by atoms with E-state index in [1.807, 2.05) is 6.07 Å². The van der Waals surface area contributed by atoms with E-state index in [0.29, 0.717) is 0 Å². The largest absolute Gasteiger partial charge is 0.509 e. The van der Waals surface area contributed by atoms with Gasteiger partial charge < -0.3 is 14.2 Å². The van der Waals surface area contributed by atoms with E-state index in [-0.39, 0.29) is 30.2 Å². The van der Waals surface area contributed by atoms with E-state index >= 15 is 0 Å². The lowest BCUT2D eigenvalue weighted by molar-refractivity contribution is -0.212. The van der Waals surface area contributed by atoms with Crippen molar-refractivity contribution in [2.24, 2.45) is 0 Å². The molecule has 2 aliphatic rings. The van der Waals surface area contributed by atoms with Crippen molar-refractivity contribution < 1.29 is 40.6 Å². The van der Waals surface area contributed by atoms with Gasteiger partial charge in [-0.3, -0.25) is 4.31 Å². The summed E-state index contributed by atoms with van der Waals surface area (Å²) in [6.45, 7) is 1.22. The molecule has 38 heavy (non-hydrogen) atoms. The molecule has 1 saturated heterocycles. The predicted molar refractivity (Wildman–Crippen MR) is 131 cm³/mol. The van der Waals surface area contributed by atoms with Crippen molar-refractivity contribution in [3.63, 3.8) is 0 Å². The van der Waals surface area contributed by atoms with Crippen LogP contribution in [-0.4, -0.2) is 40.0 Å². The normalized spacial score (nSPS) is 24.1. The van der Waals surface area contributed by atoms with Crippen LogP contribution < -0.4 is 4.31 Å². The molecule has 0 unspecified atom stereocenters. The van der Waals surface area contributed by atoms with Gasteiger partial charge >= 0.3 is 12.3 Å². The van der Waals surface area contributed by atoms with Crippen LogP contribution in [0, 0.1) is 6.92 Å². The minimum atomic E-state index is -5.04. The molecule has 0 bridgehead atoms. The van der Waals surface area contributed by atoms with Crippen molar-refractivity contribution in [1.82, 2.24) is 0 Å². The van der Waals surface area contributed by atoms with Gasteiger partial charge in [0.25, 0.3) is 10.0 Å². The smallest absolute Gasteiger partial charge is 0.434 e. The van der Waals surface area contributed by atoms with E-state index in [2.05, 4.69) is 0 Å². The van der Waals surface area contributed by atoms with Gasteiger partial charge in [-0.05, 0) is 30.7 Å². The highest BCUT2D eigenvalue weighted by atomic mass is 32.2. The van der Waals surface area contributed by atoms with Crippen LogP contribution in [0.1, 0.15) is 29.2 Å². The fourth-order valence-corrected chi connectivity index (χ4v) is 6.21. The topological polar surface area (TPSA) is 85.4 Å². The molecule has 0 saturated carbocycles. The molecule has 1 fully saturated rings. The van der Waals surface area contributed by atoms with Gasteiger partial charge in [0.15, 0.2) is 0 Å². The molecule has 0 aliphatic carbocycles. The lowest BCUT2D eigenvalue weighted by atomic mass is 9.92. The Bertz CT molecular complexity index is 1430. The lowest BCUT2D eigenvalue weighted by Crippen LogP contribution is -2.38. The Morgan fingerprint density at radius 2 is 1.61 bits per heavy atom. The second kappa shape index (κ2) is 9.63. The predicted octanol–water partition coefficient (Wildman–Crippen LogP) is 5.64. The van der Waals surface area contributed by atoms with E-state index in [1.54, 1.807) is 43.3 Å². The van der Waals surface area contributed by atoms with Crippen molar-refractivity contribution >= 4 is 21.9 Å². The fourth-order valence-electron chi connectivity index (χ4n) is 4.72. The van der Waals surface area contributed by atoms with Crippen LogP contribution in [0.25, 0.3) is 0 Å². The van der Waals surface area contributed by atoms with Crippen molar-refractivity contribution in [1.29, 1.82) is 0 Å². The molecule has 2 heterocycles. The van der Waals surface area contributed by atoms with Crippen LogP contribution in [-0.2, 0) is 29.8 Å². The maximum Gasteiger partial charge on any atom is 0.509 e. The SMILES string of the molecule is Cc1ccc(S(=O)(=O)N2C[C@H]3O[C@@]3(c3ccccc3)CCOC(=O)O[C@H](C(F)(F)F)c3ccccc32)cc1. The van der Waals surface area contributed by atoms with Crippen molar-refractivity contribution in [2.45, 2.75) is 42.2 Å². The first-order chi connectivity index (χ1) is 18.0. The fraction of sp³-hybridized carbons (Fsp3) is 0.296. The Morgan fingerprint density at radius 1 is 0.947 bits per heavy atom. The Kier molecular flexibility index (Phi) is 6.60. The van der Waals surface area contributed by atoms with Gasteiger partial charge in [0.2, 0.25) is 6.10 Å². The maximum atomic E-state index is 14.2. The third kappa shape index (κ3) is 4.83. The number of para-hydroxylation sites is 1. The molecule has 0 aromatic heterocycles. The Hall–Kier alpha value is -3.57. The number of anilines is 1. The number of sulfonamides is 1. The van der Waals surface area contributed by atoms with Gasteiger partial charge in [-0.2, -0.15) is 13.2 Å². The van der Waals surface area contributed by atoms with Crippen molar-refractivity contribution in [3.05, 3.63) is 95.6 Å². The number of ether oxygens (including phenoxy) is 3. The molecular weight excluding hydrogens is 523 g/mol. The van der Waals surface area contributed by atoms with Crippen molar-refractivity contribution in [3.8, 4) is 0 Å². The molecular formula is C27H24F3NO6S. The number of benzene rings is 3. The molecule has 3 aromatic carbocycles. The number of rotatable bonds is 3. The number of cyclic esters (lactones) is 2. The zero-order valence-electron chi connectivity index (χ0n) is 20.2. The van der Waals surface area contributed by atoms with Crippen LogP contribution in [0.5, 0.6) is 0 Å². The second-order valence-corrected chi connectivity index (χ2v) is 11.0. The summed E-state index contributed by atoms with van der Waals surface area (Å²) < 4.78 is 87.1. The average Bonchev–Trinajstić information content (AvgIpc) is 3.59. The Morgan fingerprint density at radius 3 is 2.29 bits per heavy atom. The molecule has 3 atom stereocenters. The van der Waals surface area contributed by atoms with Gasteiger partial charge in [-0.25, -0.2) is 13.2 Å². The molecule has 2 aliphatic heterocycles. The highest BCUT2D eigenvalue weighted by Gasteiger charge is 2.59. The third-order valence-electron chi connectivity index (χ3n) is 6.71. The molecule has 200 valence electrons. The Balaban J connectivity index is 1.68. The van der Waals surface area contributed by atoms with Gasteiger partial charge in [0.1, 0.15) is 11.7 Å². The maximum absolute atomic E-state index is 14.2. The molecule has 7 nitrogen and oxygen atoms in total. The van der Waals surface area contributed by atoms with Crippen LogP contribution >= 0.6 is 0 Å². The summed E-state index contributed by atoms with van der Waals surface area (Å²) in [6, 6.07) is 20.1. The molecule has 0 radical (unpaired) electrons. The summed E-state index contributed by atoms with van der Waals surface area (Å²) in [5, 5.41) is 0. The molecule has 0 amide bonds. The summed E-state index contributed by atoms with van der Waals surface area (Å²) >= 11 is 0. The van der Waals surface area contributed by atoms with Crippen LogP contribution in [0.15, 0.2) is 83.8 Å². The van der Waals surface area contributed by atoms with Crippen LogP contribution in [0.3, 0.4) is 0 Å². The zero-order chi connectivity index (χ0) is 27.1. The van der Waals surface area contributed by atoms with E-state index in [1.165, 1.54) is 30.3 Å². The van der Waals surface area contributed by atoms with Crippen molar-refractivity contribution in [2.75, 3.05) is 17.5 Å². The number of carbonyl (C=O) groups is 1. The first-order valence-electron chi connectivity index (χ1n) is 11.8. The summed E-state index contributed by atoms with van der Waals surface area (Å²) in [6.07, 6.45) is -9.94. The number of nitrogens with zero attached hydrogens (tertiary/aromatic N) is 1. The minimum absolute atomic E-state index is 0.0908. The van der Waals surface area contributed by atoms with E-state index in [4.69, 9.17) is 14.2 Å². The van der Waals surface area contributed by atoms with E-state index in [0.717, 1.165) is 21.5 Å². The summed E-state index contributed by atoms with van der Waals surface area (Å²) in [5.41, 5.74) is -0.274. The number of hydrogen-bond acceptors (Lipinski definition) is 6. The number of aryl methyl sites for hydroxylation is 1. The van der Waals surface area contributed by atoms with Gasteiger partial charge in [0, 0.05) is 12.0 Å². The zero-order valence-corrected chi connectivity index (χ0v) is 21.0. The first-order valence-corrected chi connectivity index (χ1v) is 13.3. The van der Waals surface area contributed by atoms with Crippen LogP contribution in [0.4, 0.5) is 23.7 Å². The molecule has 3 aromatic rings. The summed E-state index contributed by atoms with van der Waals surface area (Å²) in [4.78, 5) is 12.2. The number of epoxide rings is 1. The third-order valence-corrected chi connectivity index (χ3v) is 8.51. The summed E-state index contributed by atoms with van der Waals surface area (Å²) in [5.74, 6) is 0. The van der Waals surface area contributed by atoms with Gasteiger partial charge in [0.05, 0.1) is 23.7 Å². The van der Waals surface area contributed by atoms with Gasteiger partial charge in [-0.1, -0.05) is 66.2 Å².